The minimum absolute atomic E-state index is 0.0832. The number of hydrogen-bond donors (Lipinski definition) is 1. The van der Waals surface area contributed by atoms with Crippen molar-refractivity contribution in [3.8, 4) is 0 Å². The van der Waals surface area contributed by atoms with Crippen molar-refractivity contribution in [2.24, 2.45) is 0 Å². The minimum atomic E-state index is -0.350. The highest BCUT2D eigenvalue weighted by molar-refractivity contribution is 6.02. The average molecular weight is 231 g/mol. The van der Waals surface area contributed by atoms with E-state index in [-0.39, 0.29) is 18.2 Å². The fraction of sp³-hybridized carbons (Fsp3) is 0.231. The monoisotopic (exact) mass is 231 g/mol. The number of carbonyl (C=O) groups excluding carboxylic acids is 2. The molecule has 0 aliphatic heterocycles. The molecule has 0 atom stereocenters. The lowest BCUT2D eigenvalue weighted by Crippen LogP contribution is -2.07. The highest BCUT2D eigenvalue weighted by Gasteiger charge is 2.17. The van der Waals surface area contributed by atoms with Crippen LogP contribution in [0.25, 0.3) is 10.9 Å². The van der Waals surface area contributed by atoms with Crippen molar-refractivity contribution in [3.05, 3.63) is 35.5 Å². The van der Waals surface area contributed by atoms with Gasteiger partial charge in [0.15, 0.2) is 5.78 Å². The molecule has 1 heterocycles. The lowest BCUT2D eigenvalue weighted by molar-refractivity contribution is -0.139. The quantitative estimate of drug-likeness (QED) is 0.650. The predicted octanol–water partition coefficient (Wildman–Crippen LogP) is 2.09. The second-order valence-electron chi connectivity index (χ2n) is 3.83. The molecule has 1 aromatic carbocycles. The van der Waals surface area contributed by atoms with E-state index in [0.717, 1.165) is 10.9 Å². The fourth-order valence-corrected chi connectivity index (χ4v) is 1.90. The number of nitrogens with one attached hydrogen (secondary N) is 1. The summed E-state index contributed by atoms with van der Waals surface area (Å²) in [6.45, 7) is 1.48. The topological polar surface area (TPSA) is 59.2 Å². The number of Topliss-reactive ketones (excluding diaryl/α,β-unsaturated/α-hetero) is 1. The van der Waals surface area contributed by atoms with E-state index in [1.807, 2.05) is 24.3 Å². The van der Waals surface area contributed by atoms with Gasteiger partial charge in [-0.25, -0.2) is 0 Å². The Hall–Kier alpha value is -2.10. The average Bonchev–Trinajstić information content (AvgIpc) is 2.68. The molecule has 0 saturated carbocycles. The lowest BCUT2D eigenvalue weighted by Gasteiger charge is -2.00. The zero-order valence-corrected chi connectivity index (χ0v) is 9.74. The van der Waals surface area contributed by atoms with Crippen LogP contribution in [0.15, 0.2) is 24.3 Å². The van der Waals surface area contributed by atoms with Gasteiger partial charge in [0.25, 0.3) is 0 Å². The Morgan fingerprint density at radius 1 is 1.29 bits per heavy atom. The van der Waals surface area contributed by atoms with E-state index in [2.05, 4.69) is 9.72 Å². The normalized spacial score (nSPS) is 10.5. The van der Waals surface area contributed by atoms with E-state index in [4.69, 9.17) is 0 Å². The highest BCUT2D eigenvalue weighted by Crippen LogP contribution is 2.23. The van der Waals surface area contributed by atoms with E-state index in [1.165, 1.54) is 14.0 Å². The molecule has 4 heteroatoms. The SMILES string of the molecule is COC(=O)Cc1c(C(C)=O)[nH]c2ccccc12. The second kappa shape index (κ2) is 4.41. The molecule has 0 fully saturated rings. The van der Waals surface area contributed by atoms with Crippen LogP contribution >= 0.6 is 0 Å². The van der Waals surface area contributed by atoms with Gasteiger partial charge in [-0.1, -0.05) is 18.2 Å². The van der Waals surface area contributed by atoms with Crippen molar-refractivity contribution >= 4 is 22.7 Å². The molecular formula is C13H13NO3. The molecule has 17 heavy (non-hydrogen) atoms. The van der Waals surface area contributed by atoms with Gasteiger partial charge >= 0.3 is 5.97 Å². The highest BCUT2D eigenvalue weighted by atomic mass is 16.5. The third-order valence-electron chi connectivity index (χ3n) is 2.71. The van der Waals surface area contributed by atoms with E-state index < -0.39 is 0 Å². The number of fused-ring (bicyclic) bond motifs is 1. The maximum atomic E-state index is 11.5. The first-order valence-corrected chi connectivity index (χ1v) is 5.31. The van der Waals surface area contributed by atoms with Gasteiger partial charge in [-0.2, -0.15) is 0 Å². The van der Waals surface area contributed by atoms with E-state index in [9.17, 15) is 9.59 Å². The minimum Gasteiger partial charge on any atom is -0.469 e. The fourth-order valence-electron chi connectivity index (χ4n) is 1.90. The van der Waals surface area contributed by atoms with Gasteiger partial charge in [-0.15, -0.1) is 0 Å². The van der Waals surface area contributed by atoms with E-state index in [0.29, 0.717) is 11.3 Å². The molecule has 0 amide bonds. The Morgan fingerprint density at radius 3 is 2.65 bits per heavy atom. The number of methoxy groups -OCH3 is 1. The molecule has 0 spiro atoms. The smallest absolute Gasteiger partial charge is 0.310 e. The number of hydrogen-bond acceptors (Lipinski definition) is 3. The van der Waals surface area contributed by atoms with Crippen molar-refractivity contribution in [2.75, 3.05) is 7.11 Å². The number of carbonyl (C=O) groups is 2. The molecule has 0 bridgehead atoms. The van der Waals surface area contributed by atoms with Gasteiger partial charge in [0.2, 0.25) is 0 Å². The van der Waals surface area contributed by atoms with Crippen LogP contribution in [0.3, 0.4) is 0 Å². The molecule has 2 aromatic rings. The molecule has 1 N–H and O–H groups in total. The summed E-state index contributed by atoms with van der Waals surface area (Å²) in [5, 5.41) is 0.892. The first-order valence-electron chi connectivity index (χ1n) is 5.31. The number of aromatic nitrogens is 1. The summed E-state index contributed by atoms with van der Waals surface area (Å²) in [4.78, 5) is 25.9. The van der Waals surface area contributed by atoms with Crippen LogP contribution in [-0.2, 0) is 16.0 Å². The third kappa shape index (κ3) is 2.06. The number of esters is 1. The van der Waals surface area contributed by atoms with Gasteiger partial charge in [0.1, 0.15) is 0 Å². The zero-order valence-electron chi connectivity index (χ0n) is 9.74. The molecule has 2 rings (SSSR count). The largest absolute Gasteiger partial charge is 0.469 e. The molecule has 88 valence electrons. The summed E-state index contributed by atoms with van der Waals surface area (Å²) in [6, 6.07) is 7.52. The van der Waals surface area contributed by atoms with Crippen LogP contribution < -0.4 is 0 Å². The maximum Gasteiger partial charge on any atom is 0.310 e. The van der Waals surface area contributed by atoms with Gasteiger partial charge in [-0.05, 0) is 11.6 Å². The first-order chi connectivity index (χ1) is 8.13. The van der Waals surface area contributed by atoms with Crippen LogP contribution in [-0.4, -0.2) is 23.8 Å². The first kappa shape index (κ1) is 11.4. The molecular weight excluding hydrogens is 218 g/mol. The number of benzene rings is 1. The van der Waals surface area contributed by atoms with Crippen LogP contribution in [0, 0.1) is 0 Å². The summed E-state index contributed by atoms with van der Waals surface area (Å²) in [5.41, 5.74) is 2.05. The van der Waals surface area contributed by atoms with Crippen molar-refractivity contribution in [3.63, 3.8) is 0 Å². The van der Waals surface area contributed by atoms with Crippen molar-refractivity contribution in [2.45, 2.75) is 13.3 Å². The molecule has 0 aliphatic carbocycles. The third-order valence-corrected chi connectivity index (χ3v) is 2.71. The van der Waals surface area contributed by atoms with Gasteiger partial charge in [-0.3, -0.25) is 9.59 Å². The number of ether oxygens (including phenoxy) is 1. The van der Waals surface area contributed by atoms with E-state index in [1.54, 1.807) is 0 Å². The summed E-state index contributed by atoms with van der Waals surface area (Å²) < 4.78 is 4.64. The maximum absolute atomic E-state index is 11.5. The van der Waals surface area contributed by atoms with Crippen LogP contribution in [0.1, 0.15) is 23.0 Å². The number of rotatable bonds is 3. The van der Waals surface area contributed by atoms with Crippen LogP contribution in [0.4, 0.5) is 0 Å². The van der Waals surface area contributed by atoms with Crippen molar-refractivity contribution in [1.82, 2.24) is 4.98 Å². The van der Waals surface area contributed by atoms with Crippen molar-refractivity contribution in [1.29, 1.82) is 0 Å². The number of para-hydroxylation sites is 1. The molecule has 4 nitrogen and oxygen atoms in total. The zero-order chi connectivity index (χ0) is 12.4. The summed E-state index contributed by atoms with van der Waals surface area (Å²) >= 11 is 0. The number of aromatic amines is 1. The summed E-state index contributed by atoms with van der Waals surface area (Å²) in [7, 11) is 1.34. The molecule has 0 unspecified atom stereocenters. The lowest BCUT2D eigenvalue weighted by atomic mass is 10.1. The Kier molecular flexibility index (Phi) is 2.95. The molecule has 0 radical (unpaired) electrons. The van der Waals surface area contributed by atoms with Gasteiger partial charge < -0.3 is 9.72 Å². The number of ketones is 1. The van der Waals surface area contributed by atoms with Gasteiger partial charge in [0.05, 0.1) is 19.2 Å². The van der Waals surface area contributed by atoms with Crippen LogP contribution in [0.2, 0.25) is 0 Å². The Labute approximate surface area is 98.6 Å². The summed E-state index contributed by atoms with van der Waals surface area (Å²) in [5.74, 6) is -0.433. The second-order valence-corrected chi connectivity index (χ2v) is 3.83. The predicted molar refractivity (Wildman–Crippen MR) is 64.0 cm³/mol. The Balaban J connectivity index is 2.59. The molecule has 0 aliphatic rings. The Bertz CT molecular complexity index is 583. The Morgan fingerprint density at radius 2 is 2.00 bits per heavy atom. The van der Waals surface area contributed by atoms with Gasteiger partial charge in [0, 0.05) is 17.8 Å². The molecule has 1 aromatic heterocycles. The molecule has 0 saturated heterocycles. The van der Waals surface area contributed by atoms with E-state index >= 15 is 0 Å². The summed E-state index contributed by atoms with van der Waals surface area (Å²) in [6.07, 6.45) is 0.107. The number of H-pyrrole nitrogens is 1. The standard InChI is InChI=1S/C13H13NO3/c1-8(15)13-10(7-12(16)17-2)9-5-3-4-6-11(9)14-13/h3-6,14H,7H2,1-2H3. The van der Waals surface area contributed by atoms with Crippen LogP contribution in [0.5, 0.6) is 0 Å². The van der Waals surface area contributed by atoms with Crippen molar-refractivity contribution < 1.29 is 14.3 Å².